The van der Waals surface area contributed by atoms with Crippen LogP contribution in [0.3, 0.4) is 0 Å². The lowest BCUT2D eigenvalue weighted by molar-refractivity contribution is -0.118. The van der Waals surface area contributed by atoms with E-state index in [0.717, 1.165) is 5.75 Å². The maximum absolute atomic E-state index is 10.9. The third-order valence-electron chi connectivity index (χ3n) is 1.32. The van der Waals surface area contributed by atoms with Gasteiger partial charge in [0.05, 0.1) is 5.75 Å². The summed E-state index contributed by atoms with van der Waals surface area (Å²) in [6.45, 7) is 4.75. The molecule has 0 spiro atoms. The summed E-state index contributed by atoms with van der Waals surface area (Å²) >= 11 is 1.56. The average Bonchev–Trinajstić information content (AvgIpc) is 2.04. The number of hydrogen-bond donors (Lipinski definition) is 2. The Morgan fingerprint density at radius 3 is 2.83 bits per heavy atom. The maximum atomic E-state index is 10.9. The highest BCUT2D eigenvalue weighted by atomic mass is 32.2. The van der Waals surface area contributed by atoms with Crippen molar-refractivity contribution in [3.8, 4) is 0 Å². The zero-order valence-corrected chi connectivity index (χ0v) is 8.49. The Kier molecular flexibility index (Phi) is 7.29. The first-order valence-electron chi connectivity index (χ1n) is 4.16. The van der Waals surface area contributed by atoms with Crippen LogP contribution in [0.2, 0.25) is 0 Å². The number of hydrogen-bond acceptors (Lipinski definition) is 3. The number of aliphatic hydroxyl groups excluding tert-OH is 1. The van der Waals surface area contributed by atoms with Gasteiger partial charge in [0, 0.05) is 13.2 Å². The summed E-state index contributed by atoms with van der Waals surface area (Å²) < 4.78 is 0. The van der Waals surface area contributed by atoms with E-state index in [9.17, 15) is 4.79 Å². The highest BCUT2D eigenvalue weighted by molar-refractivity contribution is 7.99. The van der Waals surface area contributed by atoms with Crippen LogP contribution in [0.5, 0.6) is 0 Å². The summed E-state index contributed by atoms with van der Waals surface area (Å²) in [5.41, 5.74) is 0. The molecule has 1 amide bonds. The second-order valence-corrected chi connectivity index (χ2v) is 3.79. The fourth-order valence-corrected chi connectivity index (χ4v) is 1.57. The molecule has 72 valence electrons. The molecule has 4 heteroatoms. The lowest BCUT2D eigenvalue weighted by atomic mass is 10.2. The van der Waals surface area contributed by atoms with Crippen LogP contribution in [-0.4, -0.2) is 35.7 Å². The minimum atomic E-state index is 0.0765. The normalized spacial score (nSPS) is 12.6. The lowest BCUT2D eigenvalue weighted by Crippen LogP contribution is -2.24. The van der Waals surface area contributed by atoms with E-state index in [4.69, 9.17) is 5.11 Å². The first-order chi connectivity index (χ1) is 5.70. The molecule has 12 heavy (non-hydrogen) atoms. The molecular weight excluding hydrogens is 174 g/mol. The standard InChI is InChI=1S/C8H17NO2S/c1-3-9-8(11)6-12-5-7(2)4-10/h7,10H,3-6H2,1-2H3,(H,9,11). The second-order valence-electron chi connectivity index (χ2n) is 2.76. The summed E-state index contributed by atoms with van der Waals surface area (Å²) in [7, 11) is 0. The monoisotopic (exact) mass is 191 g/mol. The van der Waals surface area contributed by atoms with Crippen LogP contribution in [0, 0.1) is 5.92 Å². The fraction of sp³-hybridized carbons (Fsp3) is 0.875. The van der Waals surface area contributed by atoms with E-state index in [1.54, 1.807) is 11.8 Å². The Bertz CT molecular complexity index is 130. The highest BCUT2D eigenvalue weighted by Gasteiger charge is 2.02. The van der Waals surface area contributed by atoms with Crippen molar-refractivity contribution in [2.45, 2.75) is 13.8 Å². The highest BCUT2D eigenvalue weighted by Crippen LogP contribution is 2.06. The molecule has 3 nitrogen and oxygen atoms in total. The SMILES string of the molecule is CCNC(=O)CSCC(C)CO. The molecule has 0 heterocycles. The second kappa shape index (κ2) is 7.43. The van der Waals surface area contributed by atoms with E-state index >= 15 is 0 Å². The number of thioether (sulfide) groups is 1. The summed E-state index contributed by atoms with van der Waals surface area (Å²) in [6.07, 6.45) is 0. The zero-order valence-electron chi connectivity index (χ0n) is 7.67. The molecule has 0 radical (unpaired) electrons. The third-order valence-corrected chi connectivity index (χ3v) is 2.59. The van der Waals surface area contributed by atoms with Crippen LogP contribution in [0.25, 0.3) is 0 Å². The molecule has 0 bridgehead atoms. The van der Waals surface area contributed by atoms with Crippen LogP contribution in [0.15, 0.2) is 0 Å². The molecule has 0 aromatic carbocycles. The molecule has 0 aliphatic heterocycles. The van der Waals surface area contributed by atoms with Crippen molar-refractivity contribution in [3.05, 3.63) is 0 Å². The topological polar surface area (TPSA) is 49.3 Å². The Labute approximate surface area is 77.9 Å². The van der Waals surface area contributed by atoms with E-state index in [2.05, 4.69) is 5.32 Å². The van der Waals surface area contributed by atoms with Gasteiger partial charge in [-0.1, -0.05) is 6.92 Å². The molecule has 0 aliphatic carbocycles. The maximum Gasteiger partial charge on any atom is 0.229 e. The van der Waals surface area contributed by atoms with Gasteiger partial charge in [0.2, 0.25) is 5.91 Å². The quantitative estimate of drug-likeness (QED) is 0.642. The molecule has 0 saturated heterocycles. The summed E-state index contributed by atoms with van der Waals surface area (Å²) in [4.78, 5) is 10.9. The van der Waals surface area contributed by atoms with Gasteiger partial charge in [0.15, 0.2) is 0 Å². The number of rotatable bonds is 6. The van der Waals surface area contributed by atoms with Gasteiger partial charge in [-0.15, -0.1) is 0 Å². The molecule has 1 atom stereocenters. The molecule has 0 aliphatic rings. The van der Waals surface area contributed by atoms with E-state index in [1.807, 2.05) is 13.8 Å². The van der Waals surface area contributed by atoms with Gasteiger partial charge in [-0.05, 0) is 18.6 Å². The van der Waals surface area contributed by atoms with Crippen molar-refractivity contribution >= 4 is 17.7 Å². The first kappa shape index (κ1) is 11.8. The van der Waals surface area contributed by atoms with Crippen molar-refractivity contribution in [2.24, 2.45) is 5.92 Å². The Morgan fingerprint density at radius 2 is 2.33 bits per heavy atom. The van der Waals surface area contributed by atoms with Gasteiger partial charge in [0.25, 0.3) is 0 Å². The smallest absolute Gasteiger partial charge is 0.229 e. The minimum Gasteiger partial charge on any atom is -0.396 e. The summed E-state index contributed by atoms with van der Waals surface area (Å²) in [6, 6.07) is 0. The largest absolute Gasteiger partial charge is 0.396 e. The van der Waals surface area contributed by atoms with E-state index in [1.165, 1.54) is 0 Å². The average molecular weight is 191 g/mol. The Morgan fingerprint density at radius 1 is 1.67 bits per heavy atom. The predicted octanol–water partition coefficient (Wildman–Crippen LogP) is 0.484. The van der Waals surface area contributed by atoms with Crippen molar-refractivity contribution in [3.63, 3.8) is 0 Å². The minimum absolute atomic E-state index is 0.0765. The fourth-order valence-electron chi connectivity index (χ4n) is 0.654. The first-order valence-corrected chi connectivity index (χ1v) is 5.31. The van der Waals surface area contributed by atoms with Crippen molar-refractivity contribution in [2.75, 3.05) is 24.7 Å². The van der Waals surface area contributed by atoms with E-state index in [0.29, 0.717) is 12.3 Å². The molecule has 2 N–H and O–H groups in total. The number of carbonyl (C=O) groups is 1. The molecule has 0 aromatic heterocycles. The van der Waals surface area contributed by atoms with Crippen LogP contribution >= 0.6 is 11.8 Å². The summed E-state index contributed by atoms with van der Waals surface area (Å²) in [5, 5.41) is 11.4. The van der Waals surface area contributed by atoms with Gasteiger partial charge in [-0.2, -0.15) is 11.8 Å². The Hall–Kier alpha value is -0.220. The molecule has 0 rings (SSSR count). The van der Waals surface area contributed by atoms with Gasteiger partial charge in [-0.25, -0.2) is 0 Å². The van der Waals surface area contributed by atoms with Gasteiger partial charge in [0.1, 0.15) is 0 Å². The zero-order chi connectivity index (χ0) is 9.40. The number of nitrogens with one attached hydrogen (secondary N) is 1. The summed E-state index contributed by atoms with van der Waals surface area (Å²) in [5.74, 6) is 1.70. The number of carbonyl (C=O) groups excluding carboxylic acids is 1. The third kappa shape index (κ3) is 6.49. The van der Waals surface area contributed by atoms with Gasteiger partial charge < -0.3 is 10.4 Å². The van der Waals surface area contributed by atoms with Crippen LogP contribution in [0.1, 0.15) is 13.8 Å². The van der Waals surface area contributed by atoms with Crippen molar-refractivity contribution < 1.29 is 9.90 Å². The van der Waals surface area contributed by atoms with Crippen LogP contribution in [0.4, 0.5) is 0 Å². The molecular formula is C8H17NO2S. The number of aliphatic hydroxyl groups is 1. The van der Waals surface area contributed by atoms with Crippen LogP contribution < -0.4 is 5.32 Å². The van der Waals surface area contributed by atoms with Crippen molar-refractivity contribution in [1.82, 2.24) is 5.32 Å². The van der Waals surface area contributed by atoms with E-state index in [-0.39, 0.29) is 18.4 Å². The van der Waals surface area contributed by atoms with Crippen molar-refractivity contribution in [1.29, 1.82) is 0 Å². The van der Waals surface area contributed by atoms with E-state index < -0.39 is 0 Å². The molecule has 0 fully saturated rings. The molecule has 0 aromatic rings. The lowest BCUT2D eigenvalue weighted by Gasteiger charge is -2.06. The predicted molar refractivity (Wildman–Crippen MR) is 52.3 cm³/mol. The molecule has 0 saturated carbocycles. The van der Waals surface area contributed by atoms with Gasteiger partial charge in [-0.3, -0.25) is 4.79 Å². The Balaban J connectivity index is 3.24. The molecule has 1 unspecified atom stereocenters. The number of amides is 1. The van der Waals surface area contributed by atoms with Crippen LogP contribution in [-0.2, 0) is 4.79 Å². The van der Waals surface area contributed by atoms with Gasteiger partial charge >= 0.3 is 0 Å².